The third-order valence-corrected chi connectivity index (χ3v) is 5.25. The number of carbonyl (C=O) groups is 1. The number of rotatable bonds is 8. The van der Waals surface area contributed by atoms with E-state index < -0.39 is 22.5 Å². The SMILES string of the molecule is CCOc1ccc(N(CC(=O)N/N=C\c2cccc3c2OCCO3)S(C)(=O)=O)cc1. The summed E-state index contributed by atoms with van der Waals surface area (Å²) in [7, 11) is -3.68. The number of nitrogens with one attached hydrogen (secondary N) is 1. The number of ether oxygens (including phenoxy) is 3. The number of nitrogens with zero attached hydrogens (tertiary/aromatic N) is 2. The highest BCUT2D eigenvalue weighted by molar-refractivity contribution is 7.92. The van der Waals surface area contributed by atoms with Gasteiger partial charge in [-0.3, -0.25) is 9.10 Å². The molecule has 30 heavy (non-hydrogen) atoms. The van der Waals surface area contributed by atoms with Crippen LogP contribution in [-0.2, 0) is 14.8 Å². The van der Waals surface area contributed by atoms with Crippen molar-refractivity contribution >= 4 is 27.8 Å². The molecule has 0 bridgehead atoms. The highest BCUT2D eigenvalue weighted by atomic mass is 32.2. The number of fused-ring (bicyclic) bond motifs is 1. The fourth-order valence-electron chi connectivity index (χ4n) is 2.81. The minimum Gasteiger partial charge on any atom is -0.494 e. The van der Waals surface area contributed by atoms with Gasteiger partial charge in [0.2, 0.25) is 10.0 Å². The second-order valence-electron chi connectivity index (χ2n) is 6.36. The minimum atomic E-state index is -3.68. The second kappa shape index (κ2) is 9.49. The normalized spacial score (nSPS) is 13.1. The number of carbonyl (C=O) groups excluding carboxylic acids is 1. The summed E-state index contributed by atoms with van der Waals surface area (Å²) < 4.78 is 41.8. The van der Waals surface area contributed by atoms with Crippen molar-refractivity contribution in [2.24, 2.45) is 5.10 Å². The molecule has 0 aromatic heterocycles. The molecule has 0 unspecified atom stereocenters. The second-order valence-corrected chi connectivity index (χ2v) is 8.27. The van der Waals surface area contributed by atoms with Gasteiger partial charge in [0.05, 0.1) is 24.8 Å². The van der Waals surface area contributed by atoms with E-state index in [1.807, 2.05) is 6.92 Å². The number of sulfonamides is 1. The molecule has 3 rings (SSSR count). The van der Waals surface area contributed by atoms with Gasteiger partial charge in [-0.05, 0) is 43.3 Å². The van der Waals surface area contributed by atoms with Gasteiger partial charge in [0.15, 0.2) is 11.5 Å². The van der Waals surface area contributed by atoms with E-state index in [9.17, 15) is 13.2 Å². The summed E-state index contributed by atoms with van der Waals surface area (Å²) in [5, 5.41) is 3.92. The zero-order chi connectivity index (χ0) is 21.6. The molecule has 1 aliphatic rings. The quantitative estimate of drug-likeness (QED) is 0.502. The van der Waals surface area contributed by atoms with Crippen molar-refractivity contribution in [3.63, 3.8) is 0 Å². The Morgan fingerprint density at radius 1 is 1.20 bits per heavy atom. The summed E-state index contributed by atoms with van der Waals surface area (Å²) in [5.41, 5.74) is 3.33. The highest BCUT2D eigenvalue weighted by Gasteiger charge is 2.21. The number of amides is 1. The van der Waals surface area contributed by atoms with Gasteiger partial charge in [0.1, 0.15) is 25.5 Å². The van der Waals surface area contributed by atoms with Crippen LogP contribution in [0.15, 0.2) is 47.6 Å². The zero-order valence-corrected chi connectivity index (χ0v) is 17.5. The lowest BCUT2D eigenvalue weighted by atomic mass is 10.2. The fourth-order valence-corrected chi connectivity index (χ4v) is 3.67. The summed E-state index contributed by atoms with van der Waals surface area (Å²) in [6.45, 7) is 2.83. The van der Waals surface area contributed by atoms with Gasteiger partial charge < -0.3 is 14.2 Å². The molecule has 2 aromatic carbocycles. The van der Waals surface area contributed by atoms with Gasteiger partial charge in [-0.15, -0.1) is 0 Å². The smallest absolute Gasteiger partial charge is 0.260 e. The van der Waals surface area contributed by atoms with Crippen LogP contribution in [0.5, 0.6) is 17.2 Å². The molecular weight excluding hydrogens is 410 g/mol. The molecule has 9 nitrogen and oxygen atoms in total. The lowest BCUT2D eigenvalue weighted by molar-refractivity contribution is -0.119. The molecule has 160 valence electrons. The molecule has 1 heterocycles. The Morgan fingerprint density at radius 2 is 1.93 bits per heavy atom. The Labute approximate surface area is 175 Å². The molecule has 1 amide bonds. The van der Waals surface area contributed by atoms with E-state index in [1.54, 1.807) is 42.5 Å². The number of hydrazone groups is 1. The number of para-hydroxylation sites is 1. The Kier molecular flexibility index (Phi) is 6.78. The Hall–Kier alpha value is -3.27. The van der Waals surface area contributed by atoms with Gasteiger partial charge in [0.25, 0.3) is 5.91 Å². The van der Waals surface area contributed by atoms with Crippen molar-refractivity contribution in [3.8, 4) is 17.2 Å². The maximum Gasteiger partial charge on any atom is 0.260 e. The summed E-state index contributed by atoms with van der Waals surface area (Å²) in [6, 6.07) is 11.8. The van der Waals surface area contributed by atoms with Crippen LogP contribution in [0.2, 0.25) is 0 Å². The maximum atomic E-state index is 12.3. The van der Waals surface area contributed by atoms with Gasteiger partial charge >= 0.3 is 0 Å². The first kappa shape index (κ1) is 21.4. The van der Waals surface area contributed by atoms with Crippen LogP contribution in [0.4, 0.5) is 5.69 Å². The first-order valence-electron chi connectivity index (χ1n) is 9.29. The lowest BCUT2D eigenvalue weighted by Crippen LogP contribution is -2.39. The predicted molar refractivity (Wildman–Crippen MR) is 113 cm³/mol. The first-order valence-corrected chi connectivity index (χ1v) is 11.1. The number of hydrogen-bond acceptors (Lipinski definition) is 7. The minimum absolute atomic E-state index is 0.350. The largest absolute Gasteiger partial charge is 0.494 e. The molecule has 0 aliphatic carbocycles. The highest BCUT2D eigenvalue weighted by Crippen LogP contribution is 2.32. The van der Waals surface area contributed by atoms with Crippen molar-refractivity contribution in [1.29, 1.82) is 0 Å². The Balaban J connectivity index is 1.67. The molecule has 10 heteroatoms. The van der Waals surface area contributed by atoms with E-state index in [-0.39, 0.29) is 0 Å². The van der Waals surface area contributed by atoms with Crippen LogP contribution in [0.25, 0.3) is 0 Å². The van der Waals surface area contributed by atoms with Crippen LogP contribution >= 0.6 is 0 Å². The van der Waals surface area contributed by atoms with Gasteiger partial charge in [-0.25, -0.2) is 13.8 Å². The third-order valence-electron chi connectivity index (χ3n) is 4.11. The molecule has 0 radical (unpaired) electrons. The predicted octanol–water partition coefficient (Wildman–Crippen LogP) is 1.77. The van der Waals surface area contributed by atoms with Crippen LogP contribution in [0.3, 0.4) is 0 Å². The Bertz CT molecular complexity index is 1020. The summed E-state index contributed by atoms with van der Waals surface area (Å²) >= 11 is 0. The summed E-state index contributed by atoms with van der Waals surface area (Å²) in [4.78, 5) is 12.3. The van der Waals surface area contributed by atoms with E-state index in [2.05, 4.69) is 10.5 Å². The lowest BCUT2D eigenvalue weighted by Gasteiger charge is -2.21. The van der Waals surface area contributed by atoms with Gasteiger partial charge in [-0.1, -0.05) is 6.07 Å². The van der Waals surface area contributed by atoms with Gasteiger partial charge in [0, 0.05) is 5.56 Å². The molecule has 1 aliphatic heterocycles. The summed E-state index contributed by atoms with van der Waals surface area (Å²) in [6.07, 6.45) is 2.46. The molecule has 0 saturated carbocycles. The number of benzene rings is 2. The molecular formula is C20H23N3O6S. The molecule has 0 fully saturated rings. The third kappa shape index (κ3) is 5.41. The molecule has 2 aromatic rings. The molecule has 0 saturated heterocycles. The van der Waals surface area contributed by atoms with E-state index >= 15 is 0 Å². The number of hydrogen-bond donors (Lipinski definition) is 1. The Morgan fingerprint density at radius 3 is 2.63 bits per heavy atom. The zero-order valence-electron chi connectivity index (χ0n) is 16.7. The molecule has 1 N–H and O–H groups in total. The summed E-state index contributed by atoms with van der Waals surface area (Å²) in [5.74, 6) is 1.18. The van der Waals surface area contributed by atoms with Crippen molar-refractivity contribution < 1.29 is 27.4 Å². The van der Waals surface area contributed by atoms with Crippen LogP contribution in [-0.4, -0.2) is 53.2 Å². The van der Waals surface area contributed by atoms with Crippen LogP contribution < -0.4 is 23.9 Å². The van der Waals surface area contributed by atoms with Crippen molar-refractivity contribution in [1.82, 2.24) is 5.43 Å². The van der Waals surface area contributed by atoms with Crippen molar-refractivity contribution in [2.75, 3.05) is 36.9 Å². The topological polar surface area (TPSA) is 107 Å². The standard InChI is InChI=1S/C20H23N3O6S/c1-3-27-17-9-7-16(8-10-17)23(30(2,25)26)14-19(24)22-21-13-15-5-4-6-18-20(15)29-12-11-28-18/h4-10,13H,3,11-12,14H2,1-2H3,(H,22,24)/b21-13-. The van der Waals surface area contributed by atoms with Crippen molar-refractivity contribution in [3.05, 3.63) is 48.0 Å². The van der Waals surface area contributed by atoms with Crippen molar-refractivity contribution in [2.45, 2.75) is 6.92 Å². The molecule has 0 atom stereocenters. The average Bonchev–Trinajstić information content (AvgIpc) is 2.72. The maximum absolute atomic E-state index is 12.3. The number of anilines is 1. The van der Waals surface area contributed by atoms with Crippen LogP contribution in [0.1, 0.15) is 12.5 Å². The van der Waals surface area contributed by atoms with E-state index in [1.165, 1.54) is 6.21 Å². The van der Waals surface area contributed by atoms with E-state index in [4.69, 9.17) is 14.2 Å². The van der Waals surface area contributed by atoms with E-state index in [0.717, 1.165) is 10.6 Å². The van der Waals surface area contributed by atoms with E-state index in [0.29, 0.717) is 48.3 Å². The monoisotopic (exact) mass is 433 g/mol. The fraction of sp³-hybridized carbons (Fsp3) is 0.300. The average molecular weight is 433 g/mol. The molecule has 0 spiro atoms. The van der Waals surface area contributed by atoms with Gasteiger partial charge in [-0.2, -0.15) is 5.10 Å². The first-order chi connectivity index (χ1) is 14.4. The van der Waals surface area contributed by atoms with Crippen LogP contribution in [0, 0.1) is 0 Å².